The SMILES string of the molecule is COc1ccc([C@@H]2C3=C(Oc4c2c(=O)oc2ccccc42)[C@@H]2C=CC=C[C@@H]2OC3=O)cc1. The van der Waals surface area contributed by atoms with E-state index in [4.69, 9.17) is 18.6 Å². The van der Waals surface area contributed by atoms with Crippen molar-refractivity contribution < 1.29 is 23.4 Å². The lowest BCUT2D eigenvalue weighted by Gasteiger charge is -2.38. The van der Waals surface area contributed by atoms with Gasteiger partial charge in [0.1, 0.15) is 28.9 Å². The Morgan fingerprint density at radius 2 is 1.72 bits per heavy atom. The van der Waals surface area contributed by atoms with Gasteiger partial charge in [0.15, 0.2) is 0 Å². The van der Waals surface area contributed by atoms with Crippen LogP contribution in [0.5, 0.6) is 11.5 Å². The molecule has 3 atom stereocenters. The number of ether oxygens (including phenoxy) is 3. The van der Waals surface area contributed by atoms with Gasteiger partial charge in [0.05, 0.1) is 35.5 Å². The van der Waals surface area contributed by atoms with Crippen molar-refractivity contribution >= 4 is 16.9 Å². The predicted molar refractivity (Wildman–Crippen MR) is 117 cm³/mol. The van der Waals surface area contributed by atoms with Gasteiger partial charge in [-0.25, -0.2) is 9.59 Å². The molecule has 0 saturated heterocycles. The van der Waals surface area contributed by atoms with Crippen LogP contribution in [0.3, 0.4) is 0 Å². The van der Waals surface area contributed by atoms with Gasteiger partial charge in [-0.1, -0.05) is 42.5 Å². The zero-order chi connectivity index (χ0) is 21.8. The van der Waals surface area contributed by atoms with Crippen LogP contribution in [0.2, 0.25) is 0 Å². The number of carbonyl (C=O) groups is 1. The third-order valence-corrected chi connectivity index (χ3v) is 6.15. The first kappa shape index (κ1) is 18.7. The van der Waals surface area contributed by atoms with Gasteiger partial charge in [-0.15, -0.1) is 0 Å². The summed E-state index contributed by atoms with van der Waals surface area (Å²) in [5, 5.41) is 0.679. The highest BCUT2D eigenvalue weighted by atomic mass is 16.6. The van der Waals surface area contributed by atoms with Crippen LogP contribution in [-0.4, -0.2) is 19.2 Å². The highest BCUT2D eigenvalue weighted by Gasteiger charge is 2.47. The van der Waals surface area contributed by atoms with Crippen molar-refractivity contribution in [3.63, 3.8) is 0 Å². The Kier molecular flexibility index (Phi) is 4.08. The Bertz CT molecular complexity index is 1410. The van der Waals surface area contributed by atoms with E-state index in [1.165, 1.54) is 0 Å². The lowest BCUT2D eigenvalue weighted by molar-refractivity contribution is -0.146. The molecule has 0 saturated carbocycles. The number of esters is 1. The van der Waals surface area contributed by atoms with Gasteiger partial charge >= 0.3 is 11.6 Å². The van der Waals surface area contributed by atoms with Crippen LogP contribution in [0.4, 0.5) is 0 Å². The summed E-state index contributed by atoms with van der Waals surface area (Å²) in [4.78, 5) is 26.4. The standard InChI is InChI=1S/C26H18O6/c1-29-15-12-10-14(11-13-15)20-21-23(16-6-2-4-8-18(16)30-25(21)27)32-24-17-7-3-5-9-19(17)31-26(28)22(20)24/h2-13,16,18,20H,1H3/t16-,18+,20-/m1/s1. The van der Waals surface area contributed by atoms with Crippen LogP contribution in [-0.2, 0) is 9.53 Å². The minimum absolute atomic E-state index is 0.271. The first-order chi connectivity index (χ1) is 15.7. The van der Waals surface area contributed by atoms with Gasteiger partial charge in [0, 0.05) is 0 Å². The summed E-state index contributed by atoms with van der Waals surface area (Å²) in [6.07, 6.45) is 7.10. The maximum Gasteiger partial charge on any atom is 0.344 e. The molecule has 1 aliphatic carbocycles. The molecule has 0 amide bonds. The van der Waals surface area contributed by atoms with Gasteiger partial charge in [-0.05, 0) is 35.9 Å². The molecule has 6 rings (SSSR count). The van der Waals surface area contributed by atoms with Crippen molar-refractivity contribution in [3.05, 3.63) is 106 Å². The number of fused-ring (bicyclic) bond motifs is 5. The Labute approximate surface area is 183 Å². The summed E-state index contributed by atoms with van der Waals surface area (Å²) in [6, 6.07) is 14.5. The van der Waals surface area contributed by atoms with Crippen LogP contribution in [0, 0.1) is 5.92 Å². The van der Waals surface area contributed by atoms with E-state index >= 15 is 0 Å². The Morgan fingerprint density at radius 1 is 0.938 bits per heavy atom. The van der Waals surface area contributed by atoms with E-state index in [0.717, 1.165) is 5.56 Å². The summed E-state index contributed by atoms with van der Waals surface area (Å²) in [7, 11) is 1.59. The fraction of sp³-hybridized carbons (Fsp3) is 0.154. The van der Waals surface area contributed by atoms with E-state index in [-0.39, 0.29) is 5.92 Å². The van der Waals surface area contributed by atoms with E-state index in [1.54, 1.807) is 31.4 Å². The first-order valence-electron chi connectivity index (χ1n) is 10.3. The van der Waals surface area contributed by atoms with E-state index in [1.807, 2.05) is 48.6 Å². The lowest BCUT2D eigenvalue weighted by atomic mass is 9.78. The number of hydrogen-bond donors (Lipinski definition) is 0. The van der Waals surface area contributed by atoms with Gasteiger partial charge in [-0.2, -0.15) is 0 Å². The molecule has 0 N–H and O–H groups in total. The molecule has 3 heterocycles. The number of para-hydroxylation sites is 1. The molecule has 6 nitrogen and oxygen atoms in total. The second kappa shape index (κ2) is 6.99. The number of hydrogen-bond acceptors (Lipinski definition) is 6. The number of allylic oxidation sites excluding steroid dienone is 2. The van der Waals surface area contributed by atoms with Crippen molar-refractivity contribution in [2.75, 3.05) is 7.11 Å². The van der Waals surface area contributed by atoms with E-state index < -0.39 is 23.6 Å². The van der Waals surface area contributed by atoms with E-state index in [0.29, 0.717) is 39.4 Å². The zero-order valence-corrected chi connectivity index (χ0v) is 17.1. The fourth-order valence-corrected chi connectivity index (χ4v) is 4.67. The molecule has 0 fully saturated rings. The molecule has 0 unspecified atom stereocenters. The molecule has 2 aliphatic heterocycles. The number of carbonyl (C=O) groups excluding carboxylic acids is 1. The molecular weight excluding hydrogens is 408 g/mol. The third kappa shape index (κ3) is 2.66. The average molecular weight is 426 g/mol. The number of benzene rings is 2. The molecule has 3 aromatic rings. The van der Waals surface area contributed by atoms with Crippen molar-refractivity contribution in [2.24, 2.45) is 5.92 Å². The quantitative estimate of drug-likeness (QED) is 0.451. The second-order valence-corrected chi connectivity index (χ2v) is 7.88. The van der Waals surface area contributed by atoms with Crippen molar-refractivity contribution in [3.8, 4) is 11.5 Å². The normalized spacial score (nSPS) is 23.2. The fourth-order valence-electron chi connectivity index (χ4n) is 4.67. The molecule has 158 valence electrons. The average Bonchev–Trinajstić information content (AvgIpc) is 2.83. The highest BCUT2D eigenvalue weighted by Crippen LogP contribution is 2.49. The molecule has 6 heteroatoms. The van der Waals surface area contributed by atoms with Gasteiger partial charge < -0.3 is 18.6 Å². The number of methoxy groups -OCH3 is 1. The predicted octanol–water partition coefficient (Wildman–Crippen LogP) is 4.25. The Hall–Kier alpha value is -4.06. The van der Waals surface area contributed by atoms with Crippen LogP contribution in [0.25, 0.3) is 11.0 Å². The largest absolute Gasteiger partial charge is 0.497 e. The molecule has 1 aromatic heterocycles. The zero-order valence-electron chi connectivity index (χ0n) is 17.1. The molecule has 3 aliphatic rings. The lowest BCUT2D eigenvalue weighted by Crippen LogP contribution is -2.40. The van der Waals surface area contributed by atoms with Crippen LogP contribution < -0.4 is 15.1 Å². The molecule has 2 aromatic carbocycles. The summed E-state index contributed by atoms with van der Waals surface area (Å²) < 4.78 is 23.0. The van der Waals surface area contributed by atoms with Gasteiger partial charge in [-0.3, -0.25) is 0 Å². The summed E-state index contributed by atoms with van der Waals surface area (Å²) >= 11 is 0. The van der Waals surface area contributed by atoms with Gasteiger partial charge in [0.25, 0.3) is 0 Å². The topological polar surface area (TPSA) is 75.0 Å². The van der Waals surface area contributed by atoms with Gasteiger partial charge in [0.2, 0.25) is 0 Å². The Balaban J connectivity index is 1.66. The van der Waals surface area contributed by atoms with Crippen LogP contribution in [0.15, 0.2) is 93.4 Å². The maximum atomic E-state index is 13.2. The third-order valence-electron chi connectivity index (χ3n) is 6.15. The van der Waals surface area contributed by atoms with Crippen LogP contribution >= 0.6 is 0 Å². The Morgan fingerprint density at radius 3 is 2.53 bits per heavy atom. The highest BCUT2D eigenvalue weighted by molar-refractivity contribution is 5.96. The smallest absolute Gasteiger partial charge is 0.344 e. The summed E-state index contributed by atoms with van der Waals surface area (Å²) in [5.41, 5.74) is 1.25. The molecule has 0 bridgehead atoms. The van der Waals surface area contributed by atoms with Crippen molar-refractivity contribution in [1.29, 1.82) is 0 Å². The molecule has 0 radical (unpaired) electrons. The van der Waals surface area contributed by atoms with E-state index in [2.05, 4.69) is 0 Å². The second-order valence-electron chi connectivity index (χ2n) is 7.88. The van der Waals surface area contributed by atoms with Crippen molar-refractivity contribution in [1.82, 2.24) is 0 Å². The summed E-state index contributed by atoms with van der Waals surface area (Å²) in [6.45, 7) is 0. The monoisotopic (exact) mass is 426 g/mol. The van der Waals surface area contributed by atoms with Crippen LogP contribution in [0.1, 0.15) is 17.0 Å². The molecular formula is C26H18O6. The summed E-state index contributed by atoms with van der Waals surface area (Å²) in [5.74, 6) is 0.150. The maximum absolute atomic E-state index is 13.2. The van der Waals surface area contributed by atoms with Crippen molar-refractivity contribution in [2.45, 2.75) is 12.0 Å². The molecule has 32 heavy (non-hydrogen) atoms. The number of rotatable bonds is 2. The first-order valence-corrected chi connectivity index (χ1v) is 10.3. The minimum atomic E-state index is -0.687. The van der Waals surface area contributed by atoms with E-state index in [9.17, 15) is 9.59 Å². The molecule has 0 spiro atoms. The minimum Gasteiger partial charge on any atom is -0.497 e.